The minimum Gasteiger partial charge on any atom is -0.454 e. The topological polar surface area (TPSA) is 35.5 Å². The highest BCUT2D eigenvalue weighted by molar-refractivity contribution is 6.06. The number of hydrogen-bond donors (Lipinski definition) is 0. The van der Waals surface area contributed by atoms with E-state index in [-0.39, 0.29) is 12.6 Å². The number of ether oxygens (including phenoxy) is 2. The summed E-state index contributed by atoms with van der Waals surface area (Å²) < 4.78 is 10.5. The number of carbonyl (C=O) groups is 1. The molecule has 3 heteroatoms. The summed E-state index contributed by atoms with van der Waals surface area (Å²) in [6.45, 7) is 0.255. The number of benzene rings is 2. The van der Waals surface area contributed by atoms with E-state index >= 15 is 0 Å². The first-order valence-corrected chi connectivity index (χ1v) is 6.00. The lowest BCUT2D eigenvalue weighted by Gasteiger charge is -1.98. The Hall–Kier alpha value is -2.55. The van der Waals surface area contributed by atoms with Crippen LogP contribution in [0.1, 0.15) is 15.9 Å². The Balaban J connectivity index is 1.78. The summed E-state index contributed by atoms with van der Waals surface area (Å²) in [7, 11) is 0. The second kappa shape index (κ2) is 4.98. The van der Waals surface area contributed by atoms with Crippen LogP contribution in [0.25, 0.3) is 6.08 Å². The van der Waals surface area contributed by atoms with E-state index in [1.54, 1.807) is 24.3 Å². The molecule has 0 aromatic heterocycles. The SMILES string of the molecule is O=C(/C=C/c1ccc2c(c1)OCO2)c1ccccc1. The van der Waals surface area contributed by atoms with E-state index in [1.807, 2.05) is 36.4 Å². The Morgan fingerprint density at radius 3 is 2.63 bits per heavy atom. The molecule has 0 spiro atoms. The van der Waals surface area contributed by atoms with Gasteiger partial charge in [-0.2, -0.15) is 0 Å². The van der Waals surface area contributed by atoms with Gasteiger partial charge in [0.15, 0.2) is 17.3 Å². The van der Waals surface area contributed by atoms with Crippen molar-refractivity contribution in [3.05, 3.63) is 65.7 Å². The van der Waals surface area contributed by atoms with Gasteiger partial charge in [0.2, 0.25) is 6.79 Å². The van der Waals surface area contributed by atoms with E-state index in [0.717, 1.165) is 11.3 Å². The molecule has 0 fully saturated rings. The lowest BCUT2D eigenvalue weighted by atomic mass is 10.1. The van der Waals surface area contributed by atoms with E-state index in [2.05, 4.69) is 0 Å². The van der Waals surface area contributed by atoms with Crippen LogP contribution in [-0.2, 0) is 0 Å². The van der Waals surface area contributed by atoms with E-state index in [0.29, 0.717) is 11.3 Å². The molecule has 3 rings (SSSR count). The van der Waals surface area contributed by atoms with Crippen LogP contribution in [0.15, 0.2) is 54.6 Å². The molecule has 0 amide bonds. The lowest BCUT2D eigenvalue weighted by Crippen LogP contribution is -1.93. The third-order valence-corrected chi connectivity index (χ3v) is 2.88. The maximum absolute atomic E-state index is 11.9. The molecule has 2 aromatic rings. The molecule has 19 heavy (non-hydrogen) atoms. The maximum atomic E-state index is 11.9. The summed E-state index contributed by atoms with van der Waals surface area (Å²) in [5.74, 6) is 1.44. The van der Waals surface area contributed by atoms with Gasteiger partial charge in [-0.05, 0) is 23.8 Å². The first-order valence-electron chi connectivity index (χ1n) is 6.00. The predicted molar refractivity (Wildman–Crippen MR) is 72.4 cm³/mol. The number of ketones is 1. The van der Waals surface area contributed by atoms with Crippen molar-refractivity contribution in [1.29, 1.82) is 0 Å². The van der Waals surface area contributed by atoms with Gasteiger partial charge in [0.05, 0.1) is 0 Å². The molecule has 0 atom stereocenters. The monoisotopic (exact) mass is 252 g/mol. The summed E-state index contributed by atoms with van der Waals surface area (Å²) in [6.07, 6.45) is 3.34. The van der Waals surface area contributed by atoms with Crippen LogP contribution in [0.2, 0.25) is 0 Å². The van der Waals surface area contributed by atoms with Crippen molar-refractivity contribution in [2.75, 3.05) is 6.79 Å². The van der Waals surface area contributed by atoms with E-state index < -0.39 is 0 Å². The smallest absolute Gasteiger partial charge is 0.231 e. The van der Waals surface area contributed by atoms with E-state index in [4.69, 9.17) is 9.47 Å². The van der Waals surface area contributed by atoms with Crippen LogP contribution in [0.4, 0.5) is 0 Å². The van der Waals surface area contributed by atoms with Crippen molar-refractivity contribution < 1.29 is 14.3 Å². The highest BCUT2D eigenvalue weighted by atomic mass is 16.7. The quantitative estimate of drug-likeness (QED) is 0.621. The molecule has 3 nitrogen and oxygen atoms in total. The Kier molecular flexibility index (Phi) is 3.02. The second-order valence-electron chi connectivity index (χ2n) is 4.18. The molecule has 0 saturated carbocycles. The summed E-state index contributed by atoms with van der Waals surface area (Å²) in [5.41, 5.74) is 1.59. The van der Waals surface area contributed by atoms with Gasteiger partial charge in [-0.15, -0.1) is 0 Å². The zero-order valence-electron chi connectivity index (χ0n) is 10.2. The fourth-order valence-corrected chi connectivity index (χ4v) is 1.89. The third kappa shape index (κ3) is 2.50. The highest BCUT2D eigenvalue weighted by Crippen LogP contribution is 2.32. The van der Waals surface area contributed by atoms with Gasteiger partial charge in [-0.25, -0.2) is 0 Å². The van der Waals surface area contributed by atoms with Crippen LogP contribution in [0.5, 0.6) is 11.5 Å². The van der Waals surface area contributed by atoms with Crippen LogP contribution in [0.3, 0.4) is 0 Å². The van der Waals surface area contributed by atoms with Gasteiger partial charge in [0, 0.05) is 5.56 Å². The zero-order valence-corrected chi connectivity index (χ0v) is 10.2. The number of carbonyl (C=O) groups excluding carboxylic acids is 1. The first kappa shape index (κ1) is 11.5. The minimum atomic E-state index is -0.0155. The Bertz CT molecular complexity index is 630. The number of allylic oxidation sites excluding steroid dienone is 1. The molecule has 0 bridgehead atoms. The van der Waals surface area contributed by atoms with E-state index in [9.17, 15) is 4.79 Å². The summed E-state index contributed by atoms with van der Waals surface area (Å²) in [6, 6.07) is 14.8. The third-order valence-electron chi connectivity index (χ3n) is 2.88. The molecule has 1 aliphatic rings. The second-order valence-corrected chi connectivity index (χ2v) is 4.18. The largest absolute Gasteiger partial charge is 0.454 e. The molecular formula is C16H12O3. The highest BCUT2D eigenvalue weighted by Gasteiger charge is 2.12. The molecule has 0 aliphatic carbocycles. The van der Waals surface area contributed by atoms with Crippen molar-refractivity contribution >= 4 is 11.9 Å². The number of rotatable bonds is 3. The lowest BCUT2D eigenvalue weighted by molar-refractivity contribution is 0.104. The van der Waals surface area contributed by atoms with Crippen molar-refractivity contribution in [3.8, 4) is 11.5 Å². The standard InChI is InChI=1S/C16H12O3/c17-14(13-4-2-1-3-5-13)8-6-12-7-9-15-16(10-12)19-11-18-15/h1-10H,11H2/b8-6+. The molecular weight excluding hydrogens is 240 g/mol. The van der Waals surface area contributed by atoms with Crippen LogP contribution in [-0.4, -0.2) is 12.6 Å². The summed E-state index contributed by atoms with van der Waals surface area (Å²) >= 11 is 0. The van der Waals surface area contributed by atoms with Crippen molar-refractivity contribution in [2.24, 2.45) is 0 Å². The molecule has 0 saturated heterocycles. The molecule has 2 aromatic carbocycles. The fourth-order valence-electron chi connectivity index (χ4n) is 1.89. The Morgan fingerprint density at radius 2 is 1.79 bits per heavy atom. The predicted octanol–water partition coefficient (Wildman–Crippen LogP) is 3.31. The van der Waals surface area contributed by atoms with Crippen LogP contribution >= 0.6 is 0 Å². The molecule has 0 radical (unpaired) electrons. The molecule has 1 aliphatic heterocycles. The van der Waals surface area contributed by atoms with Gasteiger partial charge < -0.3 is 9.47 Å². The zero-order chi connectivity index (χ0) is 13.1. The minimum absolute atomic E-state index is 0.0155. The molecule has 1 heterocycles. The van der Waals surface area contributed by atoms with Crippen molar-refractivity contribution in [2.45, 2.75) is 0 Å². The van der Waals surface area contributed by atoms with Gasteiger partial charge in [0.1, 0.15) is 0 Å². The van der Waals surface area contributed by atoms with Crippen molar-refractivity contribution in [1.82, 2.24) is 0 Å². The number of fused-ring (bicyclic) bond motifs is 1. The first-order chi connectivity index (χ1) is 9.33. The normalized spacial score (nSPS) is 12.8. The van der Waals surface area contributed by atoms with Gasteiger partial charge >= 0.3 is 0 Å². The van der Waals surface area contributed by atoms with Crippen LogP contribution in [0, 0.1) is 0 Å². The Labute approximate surface area is 111 Å². The number of hydrogen-bond acceptors (Lipinski definition) is 3. The molecule has 0 unspecified atom stereocenters. The van der Waals surface area contributed by atoms with Gasteiger partial charge in [-0.1, -0.05) is 42.5 Å². The molecule has 0 N–H and O–H groups in total. The van der Waals surface area contributed by atoms with Gasteiger partial charge in [0.25, 0.3) is 0 Å². The Morgan fingerprint density at radius 1 is 1.00 bits per heavy atom. The fraction of sp³-hybridized carbons (Fsp3) is 0.0625. The van der Waals surface area contributed by atoms with E-state index in [1.165, 1.54) is 0 Å². The summed E-state index contributed by atoms with van der Waals surface area (Å²) in [5, 5.41) is 0. The molecule has 94 valence electrons. The van der Waals surface area contributed by atoms with Crippen LogP contribution < -0.4 is 9.47 Å². The maximum Gasteiger partial charge on any atom is 0.231 e. The van der Waals surface area contributed by atoms with Crippen molar-refractivity contribution in [3.63, 3.8) is 0 Å². The summed E-state index contributed by atoms with van der Waals surface area (Å²) in [4.78, 5) is 11.9. The average Bonchev–Trinajstić information content (AvgIpc) is 2.93. The average molecular weight is 252 g/mol. The van der Waals surface area contributed by atoms with Gasteiger partial charge in [-0.3, -0.25) is 4.79 Å².